The highest BCUT2D eigenvalue weighted by molar-refractivity contribution is 5.94. The molecular formula is C29H39N3O2. The van der Waals surface area contributed by atoms with Crippen LogP contribution in [-0.2, 0) is 0 Å². The average Bonchev–Trinajstić information content (AvgIpc) is 3.15. The zero-order valence-electron chi connectivity index (χ0n) is 20.9. The molecule has 0 aromatic heterocycles. The summed E-state index contributed by atoms with van der Waals surface area (Å²) < 4.78 is 5.41. The smallest absolute Gasteiger partial charge is 0.253 e. The minimum absolute atomic E-state index is 0.0996. The Morgan fingerprint density at radius 3 is 2.29 bits per heavy atom. The number of benzene rings is 2. The normalized spacial score (nSPS) is 23.2. The predicted molar refractivity (Wildman–Crippen MR) is 139 cm³/mol. The second kappa shape index (κ2) is 11.2. The third-order valence-electron chi connectivity index (χ3n) is 7.70. The van der Waals surface area contributed by atoms with Crippen LogP contribution in [0, 0.1) is 0 Å². The van der Waals surface area contributed by atoms with Crippen LogP contribution in [0.25, 0.3) is 0 Å². The van der Waals surface area contributed by atoms with Crippen LogP contribution in [0.2, 0.25) is 0 Å². The largest absolute Gasteiger partial charge is 0.497 e. The van der Waals surface area contributed by atoms with E-state index in [4.69, 9.17) is 4.74 Å². The summed E-state index contributed by atoms with van der Waals surface area (Å²) in [7, 11) is 1.70. The number of fused-ring (bicyclic) bond motifs is 2. The van der Waals surface area contributed by atoms with Crippen LogP contribution in [-0.4, -0.2) is 67.1 Å². The van der Waals surface area contributed by atoms with Gasteiger partial charge in [0, 0.05) is 55.8 Å². The monoisotopic (exact) mass is 461 g/mol. The zero-order valence-corrected chi connectivity index (χ0v) is 20.9. The number of carbonyl (C=O) groups excluding carboxylic acids is 1. The van der Waals surface area contributed by atoms with Gasteiger partial charge in [-0.1, -0.05) is 30.3 Å². The van der Waals surface area contributed by atoms with Crippen molar-refractivity contribution >= 4 is 5.91 Å². The van der Waals surface area contributed by atoms with Gasteiger partial charge in [-0.15, -0.1) is 6.58 Å². The Bertz CT molecular complexity index is 952. The predicted octanol–water partition coefficient (Wildman–Crippen LogP) is 4.69. The highest BCUT2D eigenvalue weighted by Gasteiger charge is 2.39. The number of hydrogen-bond acceptors (Lipinski definition) is 4. The van der Waals surface area contributed by atoms with Crippen LogP contribution in [0.5, 0.6) is 5.75 Å². The topological polar surface area (TPSA) is 44.8 Å². The van der Waals surface area contributed by atoms with Crippen LogP contribution < -0.4 is 10.1 Å². The fourth-order valence-corrected chi connectivity index (χ4v) is 5.85. The lowest BCUT2D eigenvalue weighted by molar-refractivity contribution is 0.0773. The van der Waals surface area contributed by atoms with E-state index in [9.17, 15) is 4.79 Å². The number of ether oxygens (including phenoxy) is 1. The van der Waals surface area contributed by atoms with Crippen LogP contribution >= 0.6 is 0 Å². The lowest BCUT2D eigenvalue weighted by Crippen LogP contribution is -2.40. The van der Waals surface area contributed by atoms with Crippen molar-refractivity contribution in [3.63, 3.8) is 0 Å². The molecule has 0 spiro atoms. The van der Waals surface area contributed by atoms with Gasteiger partial charge in [-0.05, 0) is 68.5 Å². The molecule has 34 heavy (non-hydrogen) atoms. The molecule has 1 amide bonds. The van der Waals surface area contributed by atoms with E-state index < -0.39 is 0 Å². The number of rotatable bonds is 9. The first kappa shape index (κ1) is 24.5. The molecule has 4 rings (SSSR count). The van der Waals surface area contributed by atoms with Crippen molar-refractivity contribution < 1.29 is 9.53 Å². The molecule has 5 nitrogen and oxygen atoms in total. The van der Waals surface area contributed by atoms with Gasteiger partial charge >= 0.3 is 0 Å². The molecule has 1 N–H and O–H groups in total. The molecule has 182 valence electrons. The Morgan fingerprint density at radius 1 is 1.09 bits per heavy atom. The van der Waals surface area contributed by atoms with Crippen molar-refractivity contribution in [3.8, 4) is 5.75 Å². The SMILES string of the molecule is C=CCN1C2CCC1CC(C(c1ccc(OC)cc1)c1ccc(C(=O)N(CC)CC)cc1)NC2. The Balaban J connectivity index is 1.65. The summed E-state index contributed by atoms with van der Waals surface area (Å²) >= 11 is 0. The molecule has 4 atom stereocenters. The Kier molecular flexibility index (Phi) is 8.07. The maximum atomic E-state index is 12.8. The number of nitrogens with one attached hydrogen (secondary N) is 1. The van der Waals surface area contributed by atoms with Crippen molar-refractivity contribution in [2.75, 3.05) is 33.3 Å². The first-order valence-electron chi connectivity index (χ1n) is 12.7. The van der Waals surface area contributed by atoms with E-state index in [0.717, 1.165) is 43.9 Å². The third-order valence-corrected chi connectivity index (χ3v) is 7.70. The van der Waals surface area contributed by atoms with Crippen molar-refractivity contribution in [1.82, 2.24) is 15.1 Å². The quantitative estimate of drug-likeness (QED) is 0.551. The fourth-order valence-electron chi connectivity index (χ4n) is 5.85. The van der Waals surface area contributed by atoms with Gasteiger partial charge in [-0.25, -0.2) is 0 Å². The second-order valence-corrected chi connectivity index (χ2v) is 9.47. The van der Waals surface area contributed by atoms with E-state index in [1.807, 2.05) is 49.1 Å². The first-order chi connectivity index (χ1) is 16.6. The van der Waals surface area contributed by atoms with Gasteiger partial charge in [-0.2, -0.15) is 0 Å². The van der Waals surface area contributed by atoms with Gasteiger partial charge in [0.2, 0.25) is 0 Å². The Labute approximate surface area is 204 Å². The summed E-state index contributed by atoms with van der Waals surface area (Å²) in [6, 6.07) is 18.2. The van der Waals surface area contributed by atoms with E-state index in [1.165, 1.54) is 24.0 Å². The molecule has 2 bridgehead atoms. The van der Waals surface area contributed by atoms with E-state index in [2.05, 4.69) is 41.1 Å². The standard InChI is InChI=1S/C29H39N3O2/c1-5-18-32-24-14-15-25(32)20-30-27(19-24)28(22-12-16-26(34-4)17-13-22)21-8-10-23(11-9-21)29(33)31(6-2)7-3/h5,8-13,16-17,24-25,27-28,30H,1,6-7,14-15,18-20H2,2-4H3. The molecule has 2 fully saturated rings. The molecule has 2 aliphatic heterocycles. The number of amides is 1. The minimum atomic E-state index is 0.0996. The van der Waals surface area contributed by atoms with E-state index in [-0.39, 0.29) is 11.8 Å². The van der Waals surface area contributed by atoms with Crippen LogP contribution in [0.3, 0.4) is 0 Å². The van der Waals surface area contributed by atoms with Gasteiger partial charge in [0.05, 0.1) is 7.11 Å². The van der Waals surface area contributed by atoms with Crippen molar-refractivity contribution in [1.29, 1.82) is 0 Å². The van der Waals surface area contributed by atoms with Crippen molar-refractivity contribution in [2.24, 2.45) is 0 Å². The summed E-state index contributed by atoms with van der Waals surface area (Å²) in [5.41, 5.74) is 3.27. The van der Waals surface area contributed by atoms with Crippen molar-refractivity contribution in [2.45, 2.75) is 57.2 Å². The minimum Gasteiger partial charge on any atom is -0.497 e. The molecule has 2 saturated heterocycles. The molecule has 0 saturated carbocycles. The number of nitrogens with zero attached hydrogens (tertiary/aromatic N) is 2. The molecule has 2 aromatic rings. The fraction of sp³-hybridized carbons (Fsp3) is 0.483. The molecule has 2 heterocycles. The second-order valence-electron chi connectivity index (χ2n) is 9.47. The van der Waals surface area contributed by atoms with Crippen LogP contribution in [0.4, 0.5) is 0 Å². The maximum absolute atomic E-state index is 12.8. The molecule has 5 heteroatoms. The molecule has 0 aliphatic carbocycles. The molecule has 2 aromatic carbocycles. The Morgan fingerprint density at radius 2 is 1.71 bits per heavy atom. The summed E-state index contributed by atoms with van der Waals surface area (Å²) in [5, 5.41) is 3.92. The van der Waals surface area contributed by atoms with Gasteiger partial charge in [0.25, 0.3) is 5.91 Å². The lowest BCUT2D eigenvalue weighted by atomic mass is 9.81. The average molecular weight is 462 g/mol. The van der Waals surface area contributed by atoms with Crippen LogP contribution in [0.1, 0.15) is 60.5 Å². The van der Waals surface area contributed by atoms with Gasteiger partial charge in [0.1, 0.15) is 5.75 Å². The van der Waals surface area contributed by atoms with Gasteiger partial charge in [-0.3, -0.25) is 9.69 Å². The van der Waals surface area contributed by atoms with Crippen molar-refractivity contribution in [3.05, 3.63) is 77.9 Å². The molecular weight excluding hydrogens is 422 g/mol. The molecule has 4 unspecified atom stereocenters. The highest BCUT2D eigenvalue weighted by Crippen LogP contribution is 2.37. The zero-order chi connectivity index (χ0) is 24.1. The molecule has 2 aliphatic rings. The Hall–Kier alpha value is -2.63. The maximum Gasteiger partial charge on any atom is 0.253 e. The van der Waals surface area contributed by atoms with E-state index in [0.29, 0.717) is 18.1 Å². The first-order valence-corrected chi connectivity index (χ1v) is 12.7. The molecule has 0 radical (unpaired) electrons. The summed E-state index contributed by atoms with van der Waals surface area (Å²) in [6.07, 6.45) is 5.65. The number of methoxy groups -OCH3 is 1. The number of carbonyl (C=O) groups is 1. The van der Waals surface area contributed by atoms with Gasteiger partial charge < -0.3 is 15.0 Å². The highest BCUT2D eigenvalue weighted by atomic mass is 16.5. The third kappa shape index (κ3) is 5.06. The number of hydrogen-bond donors (Lipinski definition) is 1. The lowest BCUT2D eigenvalue weighted by Gasteiger charge is -2.31. The van der Waals surface area contributed by atoms with Gasteiger partial charge in [0.15, 0.2) is 0 Å². The van der Waals surface area contributed by atoms with Crippen LogP contribution in [0.15, 0.2) is 61.2 Å². The van der Waals surface area contributed by atoms with E-state index in [1.54, 1.807) is 7.11 Å². The summed E-state index contributed by atoms with van der Waals surface area (Å²) in [4.78, 5) is 17.4. The summed E-state index contributed by atoms with van der Waals surface area (Å²) in [6.45, 7) is 11.4. The summed E-state index contributed by atoms with van der Waals surface area (Å²) in [5.74, 6) is 1.17. The van der Waals surface area contributed by atoms with E-state index >= 15 is 0 Å².